The third kappa shape index (κ3) is 3.19. The van der Waals surface area contributed by atoms with Crippen LogP contribution < -0.4 is 4.90 Å². The molecule has 26 heavy (non-hydrogen) atoms. The highest BCUT2D eigenvalue weighted by Gasteiger charge is 2.31. The van der Waals surface area contributed by atoms with Gasteiger partial charge in [-0.15, -0.1) is 0 Å². The van der Waals surface area contributed by atoms with Crippen LogP contribution >= 0.6 is 0 Å². The van der Waals surface area contributed by atoms with Crippen LogP contribution in [0.15, 0.2) is 22.7 Å². The molecular weight excluding hydrogens is 332 g/mol. The van der Waals surface area contributed by atoms with Crippen molar-refractivity contribution in [1.82, 2.24) is 15.0 Å². The van der Waals surface area contributed by atoms with E-state index in [2.05, 4.69) is 10.1 Å². The molecule has 0 spiro atoms. The standard InChI is InChI=1S/C19H24N4O3/c1-22(2)17-9-5-7-14(20-17)16-12-23(10-11-25-16)19(24)18-13-6-3-4-8-15(13)26-21-18/h5,7,9,16H,3-4,6,8,10-12H2,1-2H3/t16-/m1/s1. The monoisotopic (exact) mass is 356 g/mol. The van der Waals surface area contributed by atoms with Crippen molar-refractivity contribution >= 4 is 11.7 Å². The van der Waals surface area contributed by atoms with Gasteiger partial charge in [0.25, 0.3) is 5.91 Å². The van der Waals surface area contributed by atoms with Gasteiger partial charge in [-0.25, -0.2) is 4.98 Å². The van der Waals surface area contributed by atoms with Crippen molar-refractivity contribution in [2.45, 2.75) is 31.8 Å². The van der Waals surface area contributed by atoms with Crippen molar-refractivity contribution in [1.29, 1.82) is 0 Å². The first kappa shape index (κ1) is 17.0. The second-order valence-electron chi connectivity index (χ2n) is 7.07. The summed E-state index contributed by atoms with van der Waals surface area (Å²) in [5.41, 5.74) is 2.32. The predicted molar refractivity (Wildman–Crippen MR) is 96.3 cm³/mol. The van der Waals surface area contributed by atoms with Gasteiger partial charge in [-0.3, -0.25) is 4.79 Å². The normalized spacial score (nSPS) is 19.9. The molecule has 3 heterocycles. The molecule has 0 radical (unpaired) electrons. The number of hydrogen-bond donors (Lipinski definition) is 0. The summed E-state index contributed by atoms with van der Waals surface area (Å²) in [6.45, 7) is 1.53. The smallest absolute Gasteiger partial charge is 0.276 e. The fourth-order valence-corrected chi connectivity index (χ4v) is 3.58. The van der Waals surface area contributed by atoms with Crippen LogP contribution in [0.3, 0.4) is 0 Å². The maximum absolute atomic E-state index is 13.0. The summed E-state index contributed by atoms with van der Waals surface area (Å²) >= 11 is 0. The molecule has 4 rings (SSSR count). The zero-order valence-corrected chi connectivity index (χ0v) is 15.3. The Hall–Kier alpha value is -2.41. The lowest BCUT2D eigenvalue weighted by molar-refractivity contribution is -0.0250. The van der Waals surface area contributed by atoms with Gasteiger partial charge in [0.1, 0.15) is 17.7 Å². The number of aromatic nitrogens is 2. The number of rotatable bonds is 3. The third-order valence-corrected chi connectivity index (χ3v) is 5.05. The van der Waals surface area contributed by atoms with Crippen molar-refractivity contribution in [3.8, 4) is 0 Å². The van der Waals surface area contributed by atoms with Crippen molar-refractivity contribution in [2.75, 3.05) is 38.7 Å². The van der Waals surface area contributed by atoms with E-state index in [1.54, 1.807) is 0 Å². The number of morpholine rings is 1. The van der Waals surface area contributed by atoms with Crippen LogP contribution in [0.5, 0.6) is 0 Å². The molecule has 0 N–H and O–H groups in total. The largest absolute Gasteiger partial charge is 0.368 e. The SMILES string of the molecule is CN(C)c1cccc([C@H]2CN(C(=O)c3noc4c3CCCC4)CCO2)n1. The van der Waals surface area contributed by atoms with Crippen LogP contribution in [0.4, 0.5) is 5.82 Å². The van der Waals surface area contributed by atoms with E-state index in [0.717, 1.165) is 48.5 Å². The number of carbonyl (C=O) groups excluding carboxylic acids is 1. The van der Waals surface area contributed by atoms with Gasteiger partial charge in [0.05, 0.1) is 18.8 Å². The lowest BCUT2D eigenvalue weighted by atomic mass is 9.96. The second kappa shape index (κ2) is 7.07. The van der Waals surface area contributed by atoms with Gasteiger partial charge in [-0.2, -0.15) is 0 Å². The van der Waals surface area contributed by atoms with Crippen molar-refractivity contribution in [3.63, 3.8) is 0 Å². The number of aryl methyl sites for hydroxylation is 1. The van der Waals surface area contributed by atoms with Crippen LogP contribution in [0.25, 0.3) is 0 Å². The molecule has 1 aliphatic heterocycles. The van der Waals surface area contributed by atoms with E-state index < -0.39 is 0 Å². The summed E-state index contributed by atoms with van der Waals surface area (Å²) in [7, 11) is 3.91. The molecule has 0 unspecified atom stereocenters. The number of ether oxygens (including phenoxy) is 1. The predicted octanol–water partition coefficient (Wildman–Crippen LogP) is 2.23. The summed E-state index contributed by atoms with van der Waals surface area (Å²) < 4.78 is 11.3. The molecule has 1 aliphatic carbocycles. The van der Waals surface area contributed by atoms with E-state index >= 15 is 0 Å². The quantitative estimate of drug-likeness (QED) is 0.840. The zero-order valence-electron chi connectivity index (χ0n) is 15.3. The molecule has 1 fully saturated rings. The third-order valence-electron chi connectivity index (χ3n) is 5.05. The number of hydrogen-bond acceptors (Lipinski definition) is 6. The van der Waals surface area contributed by atoms with Gasteiger partial charge in [-0.1, -0.05) is 11.2 Å². The Labute approximate surface area is 152 Å². The summed E-state index contributed by atoms with van der Waals surface area (Å²) in [6.07, 6.45) is 3.71. The molecule has 0 aromatic carbocycles. The van der Waals surface area contributed by atoms with Crippen molar-refractivity contribution < 1.29 is 14.1 Å². The molecule has 2 aromatic rings. The number of fused-ring (bicyclic) bond motifs is 1. The second-order valence-corrected chi connectivity index (χ2v) is 7.07. The number of nitrogens with zero attached hydrogens (tertiary/aromatic N) is 4. The first-order chi connectivity index (χ1) is 12.6. The van der Waals surface area contributed by atoms with E-state index in [-0.39, 0.29) is 12.0 Å². The molecule has 1 saturated heterocycles. The highest BCUT2D eigenvalue weighted by Crippen LogP contribution is 2.27. The summed E-state index contributed by atoms with van der Waals surface area (Å²) in [6, 6.07) is 5.87. The van der Waals surface area contributed by atoms with Gasteiger partial charge >= 0.3 is 0 Å². The Morgan fingerprint density at radius 1 is 1.27 bits per heavy atom. The first-order valence-corrected chi connectivity index (χ1v) is 9.16. The van der Waals surface area contributed by atoms with Crippen molar-refractivity contribution in [2.24, 2.45) is 0 Å². The fraction of sp³-hybridized carbons (Fsp3) is 0.526. The minimum absolute atomic E-state index is 0.0611. The fourth-order valence-electron chi connectivity index (χ4n) is 3.58. The molecule has 1 atom stereocenters. The molecule has 2 aliphatic rings. The molecule has 2 aromatic heterocycles. The maximum Gasteiger partial charge on any atom is 0.276 e. The molecule has 7 nitrogen and oxygen atoms in total. The lowest BCUT2D eigenvalue weighted by Gasteiger charge is -2.32. The van der Waals surface area contributed by atoms with Gasteiger partial charge in [0.15, 0.2) is 5.69 Å². The van der Waals surface area contributed by atoms with E-state index in [0.29, 0.717) is 25.4 Å². The highest BCUT2D eigenvalue weighted by atomic mass is 16.5. The summed E-state index contributed by atoms with van der Waals surface area (Å²) in [4.78, 5) is 21.4. The van der Waals surface area contributed by atoms with E-state index in [4.69, 9.17) is 9.26 Å². The average molecular weight is 356 g/mol. The van der Waals surface area contributed by atoms with E-state index in [1.807, 2.05) is 42.1 Å². The van der Waals surface area contributed by atoms with E-state index in [1.165, 1.54) is 0 Å². The Balaban J connectivity index is 1.52. The topological polar surface area (TPSA) is 71.7 Å². The molecule has 138 valence electrons. The minimum atomic E-state index is -0.227. The Bertz CT molecular complexity index is 802. The van der Waals surface area contributed by atoms with Crippen LogP contribution in [-0.4, -0.2) is 54.7 Å². The Morgan fingerprint density at radius 3 is 2.96 bits per heavy atom. The average Bonchev–Trinajstić information content (AvgIpc) is 3.12. The number of carbonyl (C=O) groups is 1. The first-order valence-electron chi connectivity index (χ1n) is 9.16. The van der Waals surface area contributed by atoms with Gasteiger partial charge in [0, 0.05) is 32.6 Å². The maximum atomic E-state index is 13.0. The zero-order chi connectivity index (χ0) is 18.1. The minimum Gasteiger partial charge on any atom is -0.368 e. The number of amides is 1. The van der Waals surface area contributed by atoms with Crippen LogP contribution in [-0.2, 0) is 17.6 Å². The number of anilines is 1. The van der Waals surface area contributed by atoms with Crippen molar-refractivity contribution in [3.05, 3.63) is 40.9 Å². The lowest BCUT2D eigenvalue weighted by Crippen LogP contribution is -2.43. The summed E-state index contributed by atoms with van der Waals surface area (Å²) in [5.74, 6) is 1.69. The molecule has 7 heteroatoms. The Kier molecular flexibility index (Phi) is 4.63. The highest BCUT2D eigenvalue weighted by molar-refractivity contribution is 5.94. The van der Waals surface area contributed by atoms with Gasteiger partial charge < -0.3 is 19.1 Å². The Morgan fingerprint density at radius 2 is 2.12 bits per heavy atom. The molecular formula is C19H24N4O3. The number of pyridine rings is 1. The van der Waals surface area contributed by atoms with Crippen LogP contribution in [0.2, 0.25) is 0 Å². The van der Waals surface area contributed by atoms with Crippen LogP contribution in [0.1, 0.15) is 46.5 Å². The molecule has 1 amide bonds. The molecule has 0 saturated carbocycles. The van der Waals surface area contributed by atoms with E-state index in [9.17, 15) is 4.79 Å². The molecule has 0 bridgehead atoms. The summed E-state index contributed by atoms with van der Waals surface area (Å²) in [5, 5.41) is 4.08. The van der Waals surface area contributed by atoms with Crippen LogP contribution in [0, 0.1) is 0 Å². The van der Waals surface area contributed by atoms with Gasteiger partial charge in [-0.05, 0) is 31.4 Å². The van der Waals surface area contributed by atoms with Gasteiger partial charge in [0.2, 0.25) is 0 Å².